The van der Waals surface area contributed by atoms with E-state index in [1.807, 2.05) is 12.1 Å². The Bertz CT molecular complexity index is 1200. The van der Waals surface area contributed by atoms with Crippen LogP contribution in [0.2, 0.25) is 0 Å². The van der Waals surface area contributed by atoms with Gasteiger partial charge in [-0.2, -0.15) is 5.10 Å². The number of aliphatic hydroxyl groups excluding tert-OH is 1. The van der Waals surface area contributed by atoms with E-state index in [0.717, 1.165) is 25.9 Å². The number of aliphatic hydroxyl groups is 1. The van der Waals surface area contributed by atoms with E-state index in [1.54, 1.807) is 28.6 Å². The summed E-state index contributed by atoms with van der Waals surface area (Å²) in [6, 6.07) is 3.69. The van der Waals surface area contributed by atoms with E-state index in [4.69, 9.17) is 5.11 Å². The molecule has 3 amide bonds. The summed E-state index contributed by atoms with van der Waals surface area (Å²) in [6.07, 6.45) is 2.30. The van der Waals surface area contributed by atoms with Crippen molar-refractivity contribution < 1.29 is 23.9 Å². The zero-order valence-electron chi connectivity index (χ0n) is 23.3. The largest absolute Gasteiger partial charge is 0.387 e. The third-order valence-electron chi connectivity index (χ3n) is 8.58. The van der Waals surface area contributed by atoms with E-state index in [1.165, 1.54) is 0 Å². The summed E-state index contributed by atoms with van der Waals surface area (Å²) in [5.41, 5.74) is 0.921. The minimum absolute atomic E-state index is 0.0485. The maximum atomic E-state index is 15.9. The van der Waals surface area contributed by atoms with Gasteiger partial charge in [-0.15, -0.1) is 0 Å². The van der Waals surface area contributed by atoms with Gasteiger partial charge in [-0.05, 0) is 44.7 Å². The number of aromatic nitrogens is 2. The second-order valence-electron chi connectivity index (χ2n) is 11.0. The molecule has 3 heterocycles. The minimum Gasteiger partial charge on any atom is -0.387 e. The second kappa shape index (κ2) is 11.9. The molecule has 1 aromatic carbocycles. The maximum absolute atomic E-state index is 15.9. The van der Waals surface area contributed by atoms with Crippen LogP contribution in [0.4, 0.5) is 15.9 Å². The average molecular weight is 546 g/mol. The summed E-state index contributed by atoms with van der Waals surface area (Å²) in [4.78, 5) is 42.1. The van der Waals surface area contributed by atoms with Crippen molar-refractivity contribution in [2.75, 3.05) is 69.3 Å². The molecule has 1 aromatic heterocycles. The van der Waals surface area contributed by atoms with Gasteiger partial charge in [-0.1, -0.05) is 0 Å². The molecular formula is C27H40FN7O4. The Balaban J connectivity index is 1.42. The summed E-state index contributed by atoms with van der Waals surface area (Å²) in [5.74, 6) is 0.127. The Morgan fingerprint density at radius 3 is 2.46 bits per heavy atom. The van der Waals surface area contributed by atoms with Gasteiger partial charge in [0.05, 0.1) is 5.69 Å². The third-order valence-corrected chi connectivity index (χ3v) is 8.58. The molecule has 0 atom stereocenters. The van der Waals surface area contributed by atoms with Crippen molar-refractivity contribution in [2.24, 2.45) is 13.0 Å². The number of hydrogen-bond donors (Lipinski definition) is 2. The lowest BCUT2D eigenvalue weighted by Crippen LogP contribution is -2.59. The van der Waals surface area contributed by atoms with Crippen molar-refractivity contribution in [2.45, 2.75) is 38.6 Å². The number of likely N-dealkylation sites (tertiary alicyclic amines) is 1. The molecule has 39 heavy (non-hydrogen) atoms. The Morgan fingerprint density at radius 1 is 1.18 bits per heavy atom. The molecule has 0 bridgehead atoms. The van der Waals surface area contributed by atoms with E-state index in [2.05, 4.69) is 34.1 Å². The maximum Gasteiger partial charge on any atom is 0.248 e. The van der Waals surface area contributed by atoms with Gasteiger partial charge < -0.3 is 19.8 Å². The predicted molar refractivity (Wildman–Crippen MR) is 147 cm³/mol. The van der Waals surface area contributed by atoms with Gasteiger partial charge in [0.1, 0.15) is 12.1 Å². The number of halogens is 1. The molecular weight excluding hydrogens is 505 g/mol. The number of benzene rings is 1. The van der Waals surface area contributed by atoms with Crippen molar-refractivity contribution in [1.82, 2.24) is 24.9 Å². The van der Waals surface area contributed by atoms with Crippen LogP contribution >= 0.6 is 0 Å². The molecule has 2 N–H and O–H groups in total. The number of anilines is 2. The lowest BCUT2D eigenvalue weighted by molar-refractivity contribution is -0.136. The number of fused-ring (bicyclic) bond motifs is 1. The van der Waals surface area contributed by atoms with Gasteiger partial charge in [0.25, 0.3) is 0 Å². The van der Waals surface area contributed by atoms with Crippen molar-refractivity contribution in [3.63, 3.8) is 0 Å². The number of piperidine rings is 1. The number of carbonyl (C=O) groups excluding carboxylic acids is 3. The van der Waals surface area contributed by atoms with Crippen LogP contribution in [0.15, 0.2) is 12.1 Å². The predicted octanol–water partition coefficient (Wildman–Crippen LogP) is 0.943. The normalized spacial score (nSPS) is 17.5. The molecule has 0 aliphatic carbocycles. The monoisotopic (exact) mass is 545 g/mol. The van der Waals surface area contributed by atoms with Gasteiger partial charge in [0.15, 0.2) is 11.6 Å². The molecule has 4 rings (SSSR count). The van der Waals surface area contributed by atoms with E-state index >= 15 is 4.39 Å². The quantitative estimate of drug-likeness (QED) is 0.448. The van der Waals surface area contributed by atoms with Crippen LogP contribution in [0.25, 0.3) is 10.9 Å². The zero-order chi connectivity index (χ0) is 28.3. The molecule has 0 spiro atoms. The number of nitrogens with zero attached hydrogens (tertiary/aromatic N) is 6. The highest BCUT2D eigenvalue weighted by atomic mass is 19.1. The highest BCUT2D eigenvalue weighted by molar-refractivity contribution is 5.94. The molecule has 12 heteroatoms. The number of hydrogen-bond acceptors (Lipinski definition) is 8. The first-order valence-corrected chi connectivity index (χ1v) is 13.6. The summed E-state index contributed by atoms with van der Waals surface area (Å²) in [6.45, 7) is 8.79. The van der Waals surface area contributed by atoms with E-state index in [-0.39, 0.29) is 29.6 Å². The topological polar surface area (TPSA) is 114 Å². The first-order chi connectivity index (χ1) is 18.6. The first-order valence-electron chi connectivity index (χ1n) is 13.6. The number of amides is 3. The van der Waals surface area contributed by atoms with Crippen LogP contribution in [-0.2, 0) is 21.4 Å². The molecule has 0 saturated carbocycles. The zero-order valence-corrected chi connectivity index (χ0v) is 23.3. The van der Waals surface area contributed by atoms with Gasteiger partial charge in [-0.3, -0.25) is 29.3 Å². The Morgan fingerprint density at radius 2 is 1.85 bits per heavy atom. The number of piperazine rings is 1. The Kier molecular flexibility index (Phi) is 8.75. The molecule has 2 saturated heterocycles. The lowest BCUT2D eigenvalue weighted by atomic mass is 9.78. The average Bonchev–Trinajstić information content (AvgIpc) is 3.29. The van der Waals surface area contributed by atoms with Crippen LogP contribution in [-0.4, -0.2) is 108 Å². The number of nitrogens with one attached hydrogen (secondary N) is 1. The van der Waals surface area contributed by atoms with Crippen LogP contribution in [0.5, 0.6) is 0 Å². The van der Waals surface area contributed by atoms with Gasteiger partial charge in [0, 0.05) is 77.3 Å². The van der Waals surface area contributed by atoms with Crippen LogP contribution < -0.4 is 15.1 Å². The molecule has 2 fully saturated rings. The van der Waals surface area contributed by atoms with Crippen molar-refractivity contribution in [1.29, 1.82) is 0 Å². The van der Waals surface area contributed by atoms with Crippen molar-refractivity contribution >= 4 is 40.6 Å². The Labute approximate surface area is 228 Å². The summed E-state index contributed by atoms with van der Waals surface area (Å²) in [7, 11) is 3.50. The summed E-state index contributed by atoms with van der Waals surface area (Å²) < 4.78 is 17.4. The number of carbonyl (C=O) groups is 3. The lowest BCUT2D eigenvalue weighted by Gasteiger charge is -2.50. The van der Waals surface area contributed by atoms with Gasteiger partial charge >= 0.3 is 0 Å². The molecule has 0 unspecified atom stereocenters. The van der Waals surface area contributed by atoms with E-state index in [9.17, 15) is 14.4 Å². The number of rotatable bonds is 9. The summed E-state index contributed by atoms with van der Waals surface area (Å²) >= 11 is 0. The van der Waals surface area contributed by atoms with Crippen LogP contribution in [0, 0.1) is 11.7 Å². The highest BCUT2D eigenvalue weighted by Crippen LogP contribution is 2.36. The fourth-order valence-electron chi connectivity index (χ4n) is 6.05. The van der Waals surface area contributed by atoms with E-state index in [0.29, 0.717) is 67.5 Å². The third kappa shape index (κ3) is 5.86. The van der Waals surface area contributed by atoms with Gasteiger partial charge in [0.2, 0.25) is 18.2 Å². The molecule has 214 valence electrons. The smallest absolute Gasteiger partial charge is 0.248 e. The molecule has 2 aliphatic rings. The first kappa shape index (κ1) is 28.8. The van der Waals surface area contributed by atoms with Crippen LogP contribution in [0.3, 0.4) is 0 Å². The fraction of sp³-hybridized carbons (Fsp3) is 0.630. The van der Waals surface area contributed by atoms with Gasteiger partial charge in [-0.25, -0.2) is 4.39 Å². The summed E-state index contributed by atoms with van der Waals surface area (Å²) in [5, 5.41) is 16.5. The molecule has 2 aliphatic heterocycles. The number of aryl methyl sites for hydroxylation is 1. The minimum atomic E-state index is -0.434. The Hall–Kier alpha value is -3.25. The highest BCUT2D eigenvalue weighted by Gasteiger charge is 2.39. The van der Waals surface area contributed by atoms with Crippen molar-refractivity contribution in [3.05, 3.63) is 17.9 Å². The van der Waals surface area contributed by atoms with Crippen LogP contribution in [0.1, 0.15) is 33.1 Å². The molecule has 2 aromatic rings. The number of imide groups is 1. The van der Waals surface area contributed by atoms with Crippen molar-refractivity contribution in [3.8, 4) is 0 Å². The standard InChI is InChI=1S/C27H40FN7O4/c1-27(2,19-7-11-34(12-8-19)23(39)17-36)35-15-13-33(14-16-35)21-6-5-20-25(24(21)28)32(4)30-26(20)31(3)10-9-22(38)29-18-37/h5-6,18-19,36H,7-17H2,1-4H3,(H,29,37,38). The fourth-order valence-corrected chi connectivity index (χ4v) is 6.05. The van der Waals surface area contributed by atoms with E-state index < -0.39 is 6.61 Å². The second-order valence-corrected chi connectivity index (χ2v) is 11.0. The molecule has 0 radical (unpaired) electrons. The SMILES string of the molecule is CN(CCC(=O)NC=O)c1nn(C)c2c(F)c(N3CCN(C(C)(C)C4CCN(C(=O)CO)CC4)CC3)ccc12. The molecule has 11 nitrogen and oxygen atoms in total.